The second-order valence-electron chi connectivity index (χ2n) is 5.10. The number of hydrogen-bond acceptors (Lipinski definition) is 4. The molecule has 0 spiro atoms. The van der Waals surface area contributed by atoms with E-state index >= 15 is 0 Å². The molecular weight excluding hydrogens is 230 g/mol. The van der Waals surface area contributed by atoms with E-state index in [1.807, 2.05) is 26.0 Å². The van der Waals surface area contributed by atoms with Crippen LogP contribution < -0.4 is 15.4 Å². The van der Waals surface area contributed by atoms with Crippen LogP contribution in [0.1, 0.15) is 20.3 Å². The normalized spacial score (nSPS) is 17.9. The molecule has 1 aromatic rings. The first kappa shape index (κ1) is 12.8. The lowest BCUT2D eigenvalue weighted by Gasteiger charge is -2.27. The van der Waals surface area contributed by atoms with E-state index in [9.17, 15) is 4.79 Å². The van der Waals surface area contributed by atoms with E-state index in [-0.39, 0.29) is 5.91 Å². The molecule has 1 amide bonds. The highest BCUT2D eigenvalue weighted by atomic mass is 16.5. The average Bonchev–Trinajstić information content (AvgIpc) is 2.46. The zero-order valence-corrected chi connectivity index (χ0v) is 10.8. The first-order valence-electron chi connectivity index (χ1n) is 6.16. The van der Waals surface area contributed by atoms with Gasteiger partial charge < -0.3 is 10.5 Å². The van der Waals surface area contributed by atoms with Gasteiger partial charge in [-0.1, -0.05) is 0 Å². The number of nitrogens with two attached hydrogens (primary N) is 1. The summed E-state index contributed by atoms with van der Waals surface area (Å²) in [6, 6.07) is 3.65. The monoisotopic (exact) mass is 249 g/mol. The number of pyridine rings is 1. The molecule has 1 aromatic heterocycles. The topological polar surface area (TPSA) is 68.4 Å². The highest BCUT2D eigenvalue weighted by Gasteiger charge is 2.37. The molecule has 0 aliphatic carbocycles. The molecule has 1 aliphatic rings. The molecule has 0 radical (unpaired) electrons. The Morgan fingerprint density at radius 2 is 2.33 bits per heavy atom. The minimum atomic E-state index is -0.546. The van der Waals surface area contributed by atoms with Gasteiger partial charge in [-0.05, 0) is 38.9 Å². The summed E-state index contributed by atoms with van der Waals surface area (Å²) in [6.45, 7) is 5.26. The number of fused-ring (bicyclic) bond motifs is 1. The Hall–Kier alpha value is -1.62. The van der Waals surface area contributed by atoms with Crippen LogP contribution in [0.2, 0.25) is 0 Å². The molecule has 2 heterocycles. The molecule has 2 N–H and O–H groups in total. The summed E-state index contributed by atoms with van der Waals surface area (Å²) >= 11 is 0. The van der Waals surface area contributed by atoms with E-state index in [1.165, 1.54) is 0 Å². The zero-order chi connectivity index (χ0) is 13.2. The minimum Gasteiger partial charge on any atom is -0.489 e. The van der Waals surface area contributed by atoms with Gasteiger partial charge in [0.05, 0.1) is 5.41 Å². The number of carbonyl (C=O) groups excluding carboxylic acids is 1. The fraction of sp³-hybridized carbons (Fsp3) is 0.538. The Bertz CT molecular complexity index is 446. The van der Waals surface area contributed by atoms with Crippen molar-refractivity contribution in [2.24, 2.45) is 11.1 Å². The zero-order valence-electron chi connectivity index (χ0n) is 10.8. The van der Waals surface area contributed by atoms with Gasteiger partial charge in [0.15, 0.2) is 11.6 Å². The molecule has 0 bridgehead atoms. The van der Waals surface area contributed by atoms with E-state index in [1.54, 1.807) is 11.1 Å². The smallest absolute Gasteiger partial charge is 0.237 e. The second-order valence-corrected chi connectivity index (χ2v) is 5.10. The van der Waals surface area contributed by atoms with Crippen molar-refractivity contribution in [3.8, 4) is 5.75 Å². The van der Waals surface area contributed by atoms with Gasteiger partial charge in [-0.2, -0.15) is 0 Å². The molecule has 2 rings (SSSR count). The van der Waals surface area contributed by atoms with Crippen molar-refractivity contribution < 1.29 is 9.53 Å². The van der Waals surface area contributed by atoms with Crippen LogP contribution >= 0.6 is 0 Å². The maximum absolute atomic E-state index is 12.5. The lowest BCUT2D eigenvalue weighted by molar-refractivity contribution is -0.127. The minimum absolute atomic E-state index is 0.0356. The Labute approximate surface area is 107 Å². The fourth-order valence-electron chi connectivity index (χ4n) is 1.94. The number of hydrogen-bond donors (Lipinski definition) is 1. The predicted octanol–water partition coefficient (Wildman–Crippen LogP) is 1.18. The first-order chi connectivity index (χ1) is 8.56. The fourth-order valence-corrected chi connectivity index (χ4v) is 1.94. The van der Waals surface area contributed by atoms with Gasteiger partial charge in [-0.15, -0.1) is 0 Å². The lowest BCUT2D eigenvalue weighted by atomic mass is 9.93. The van der Waals surface area contributed by atoms with Crippen molar-refractivity contribution in [2.45, 2.75) is 20.3 Å². The van der Waals surface area contributed by atoms with Crippen molar-refractivity contribution in [3.05, 3.63) is 18.3 Å². The Morgan fingerprint density at radius 3 is 3.06 bits per heavy atom. The molecule has 0 saturated carbocycles. The van der Waals surface area contributed by atoms with E-state index in [4.69, 9.17) is 10.5 Å². The summed E-state index contributed by atoms with van der Waals surface area (Å²) in [7, 11) is 0. The number of rotatable bonds is 3. The third-order valence-corrected chi connectivity index (χ3v) is 3.01. The van der Waals surface area contributed by atoms with Crippen molar-refractivity contribution in [2.75, 3.05) is 24.6 Å². The van der Waals surface area contributed by atoms with Crippen molar-refractivity contribution >= 4 is 11.7 Å². The molecule has 0 fully saturated rings. The summed E-state index contributed by atoms with van der Waals surface area (Å²) in [5, 5.41) is 0. The molecule has 0 aromatic carbocycles. The molecule has 5 nitrogen and oxygen atoms in total. The van der Waals surface area contributed by atoms with E-state index in [2.05, 4.69) is 4.98 Å². The van der Waals surface area contributed by atoms with E-state index in [0.29, 0.717) is 31.3 Å². The third-order valence-electron chi connectivity index (χ3n) is 3.01. The Balaban J connectivity index is 2.39. The largest absolute Gasteiger partial charge is 0.489 e. The van der Waals surface area contributed by atoms with Crippen LogP contribution in [0.5, 0.6) is 5.75 Å². The van der Waals surface area contributed by atoms with Gasteiger partial charge in [0, 0.05) is 12.7 Å². The number of aromatic nitrogens is 1. The maximum atomic E-state index is 12.5. The summed E-state index contributed by atoms with van der Waals surface area (Å²) in [5.41, 5.74) is 4.98. The highest BCUT2D eigenvalue weighted by molar-refractivity contribution is 5.98. The van der Waals surface area contributed by atoms with Crippen molar-refractivity contribution in [3.63, 3.8) is 0 Å². The molecule has 1 aliphatic heterocycles. The summed E-state index contributed by atoms with van der Waals surface area (Å²) in [5.74, 6) is 1.29. The van der Waals surface area contributed by atoms with Crippen LogP contribution in [-0.4, -0.2) is 30.6 Å². The number of nitrogens with zero attached hydrogens (tertiary/aromatic N) is 2. The highest BCUT2D eigenvalue weighted by Crippen LogP contribution is 2.34. The van der Waals surface area contributed by atoms with Crippen LogP contribution in [0.4, 0.5) is 5.82 Å². The quantitative estimate of drug-likeness (QED) is 0.873. The first-order valence-corrected chi connectivity index (χ1v) is 6.16. The van der Waals surface area contributed by atoms with Crippen LogP contribution in [0, 0.1) is 5.41 Å². The lowest BCUT2D eigenvalue weighted by Crippen LogP contribution is -2.43. The van der Waals surface area contributed by atoms with Crippen LogP contribution in [0.15, 0.2) is 18.3 Å². The molecule has 98 valence electrons. The standard InChI is InChI=1S/C13H19N3O2/c1-13(2)9-18-10-5-3-7-15-11(10)16(12(13)17)8-4-6-14/h3,5,7H,4,6,8-9,14H2,1-2H3. The van der Waals surface area contributed by atoms with Gasteiger partial charge >= 0.3 is 0 Å². The summed E-state index contributed by atoms with van der Waals surface area (Å²) in [4.78, 5) is 18.5. The molecule has 0 atom stereocenters. The van der Waals surface area contributed by atoms with Gasteiger partial charge in [0.2, 0.25) is 5.91 Å². The van der Waals surface area contributed by atoms with E-state index in [0.717, 1.165) is 6.42 Å². The van der Waals surface area contributed by atoms with Crippen LogP contribution in [-0.2, 0) is 4.79 Å². The van der Waals surface area contributed by atoms with Crippen molar-refractivity contribution in [1.29, 1.82) is 0 Å². The summed E-state index contributed by atoms with van der Waals surface area (Å²) < 4.78 is 5.69. The Morgan fingerprint density at radius 1 is 1.56 bits per heavy atom. The number of carbonyl (C=O) groups is 1. The SMILES string of the molecule is CC1(C)COc2cccnc2N(CCCN)C1=O. The van der Waals surface area contributed by atoms with Gasteiger partial charge in [0.25, 0.3) is 0 Å². The van der Waals surface area contributed by atoms with Gasteiger partial charge in [-0.25, -0.2) is 4.98 Å². The number of ether oxygens (including phenoxy) is 1. The predicted molar refractivity (Wildman–Crippen MR) is 69.5 cm³/mol. The van der Waals surface area contributed by atoms with Gasteiger partial charge in [-0.3, -0.25) is 9.69 Å². The average molecular weight is 249 g/mol. The maximum Gasteiger partial charge on any atom is 0.237 e. The van der Waals surface area contributed by atoms with Crippen molar-refractivity contribution in [1.82, 2.24) is 4.98 Å². The van der Waals surface area contributed by atoms with E-state index < -0.39 is 5.41 Å². The third kappa shape index (κ3) is 2.31. The molecule has 18 heavy (non-hydrogen) atoms. The van der Waals surface area contributed by atoms with Crippen LogP contribution in [0.3, 0.4) is 0 Å². The Kier molecular flexibility index (Phi) is 3.52. The van der Waals surface area contributed by atoms with Crippen LogP contribution in [0.25, 0.3) is 0 Å². The number of anilines is 1. The molecular formula is C13H19N3O2. The molecule has 0 saturated heterocycles. The molecule has 5 heteroatoms. The van der Waals surface area contributed by atoms with Gasteiger partial charge in [0.1, 0.15) is 6.61 Å². The summed E-state index contributed by atoms with van der Waals surface area (Å²) in [6.07, 6.45) is 2.42. The molecule has 0 unspecified atom stereocenters. The number of amides is 1. The second kappa shape index (κ2) is 4.94.